The molecule has 1 saturated carbocycles. The second-order valence-corrected chi connectivity index (χ2v) is 7.66. The highest BCUT2D eigenvalue weighted by Crippen LogP contribution is 2.27. The van der Waals surface area contributed by atoms with Crippen molar-refractivity contribution in [1.29, 1.82) is 0 Å². The summed E-state index contributed by atoms with van der Waals surface area (Å²) in [6.07, 6.45) is 4.40. The van der Waals surface area contributed by atoms with Crippen LogP contribution in [0.4, 0.5) is 8.78 Å². The van der Waals surface area contributed by atoms with Crippen molar-refractivity contribution in [2.24, 2.45) is 0 Å². The van der Waals surface area contributed by atoms with Gasteiger partial charge in [0.15, 0.2) is 11.6 Å². The molecule has 1 aliphatic carbocycles. The minimum absolute atomic E-state index is 0.143. The van der Waals surface area contributed by atoms with Crippen LogP contribution < -0.4 is 5.32 Å². The zero-order valence-electron chi connectivity index (χ0n) is 16.1. The van der Waals surface area contributed by atoms with E-state index < -0.39 is 17.7 Å². The van der Waals surface area contributed by atoms with Crippen molar-refractivity contribution in [3.63, 3.8) is 0 Å². The van der Waals surface area contributed by atoms with Crippen LogP contribution in [-0.2, 0) is 6.42 Å². The first-order valence-corrected chi connectivity index (χ1v) is 9.83. The predicted molar refractivity (Wildman–Crippen MR) is 106 cm³/mol. The number of benzene rings is 2. The number of aliphatic hydroxyl groups excluding tert-OH is 1. The number of amides is 1. The number of rotatable bonds is 4. The topological polar surface area (TPSA) is 78.0 Å². The molecule has 1 amide bonds. The molecule has 0 radical (unpaired) electrons. The number of fused-ring (bicyclic) bond motifs is 1. The number of aromatic nitrogens is 2. The van der Waals surface area contributed by atoms with Gasteiger partial charge in [0.25, 0.3) is 5.91 Å². The van der Waals surface area contributed by atoms with Crippen LogP contribution >= 0.6 is 0 Å². The highest BCUT2D eigenvalue weighted by Gasteiger charge is 2.26. The number of nitrogens with one attached hydrogen (secondary N) is 2. The lowest BCUT2D eigenvalue weighted by atomic mass is 9.92. The van der Waals surface area contributed by atoms with Gasteiger partial charge in [0.2, 0.25) is 0 Å². The normalized spacial score (nSPS) is 19.4. The van der Waals surface area contributed by atoms with Crippen molar-refractivity contribution in [2.45, 2.75) is 51.2 Å². The van der Waals surface area contributed by atoms with Gasteiger partial charge in [-0.05, 0) is 48.6 Å². The zero-order chi connectivity index (χ0) is 20.5. The maximum Gasteiger partial charge on any atom is 0.253 e. The average molecular weight is 399 g/mol. The number of carbonyl (C=O) groups excluding carboxylic acids is 1. The van der Waals surface area contributed by atoms with E-state index in [-0.39, 0.29) is 23.9 Å². The molecule has 5 nitrogen and oxygen atoms in total. The molecule has 7 heteroatoms. The fourth-order valence-electron chi connectivity index (χ4n) is 4.07. The SMILES string of the molecule is Cc1c(Cc2cccc(F)c2F)cc(C(=O)N[C@H]2CCCC[C@@H]2O)c2[nH]cnc12. The maximum atomic E-state index is 14.2. The quantitative estimate of drug-likeness (QED) is 0.625. The molecule has 0 bridgehead atoms. The van der Waals surface area contributed by atoms with E-state index in [1.165, 1.54) is 18.5 Å². The third-order valence-electron chi connectivity index (χ3n) is 5.77. The second kappa shape index (κ2) is 7.91. The molecule has 152 valence electrons. The van der Waals surface area contributed by atoms with Crippen LogP contribution in [0.2, 0.25) is 0 Å². The van der Waals surface area contributed by atoms with E-state index in [4.69, 9.17) is 0 Å². The van der Waals surface area contributed by atoms with Crippen LogP contribution in [0.5, 0.6) is 0 Å². The molecule has 0 aliphatic heterocycles. The summed E-state index contributed by atoms with van der Waals surface area (Å²) in [6.45, 7) is 1.85. The number of halogens is 2. The van der Waals surface area contributed by atoms with Crippen molar-refractivity contribution in [3.05, 3.63) is 64.5 Å². The van der Waals surface area contributed by atoms with Gasteiger partial charge in [-0.25, -0.2) is 13.8 Å². The summed E-state index contributed by atoms with van der Waals surface area (Å²) < 4.78 is 27.8. The monoisotopic (exact) mass is 399 g/mol. The highest BCUT2D eigenvalue weighted by atomic mass is 19.2. The number of hydrogen-bond acceptors (Lipinski definition) is 3. The molecule has 2 atom stereocenters. The summed E-state index contributed by atoms with van der Waals surface area (Å²) in [7, 11) is 0. The number of aryl methyl sites for hydroxylation is 1. The van der Waals surface area contributed by atoms with Crippen molar-refractivity contribution in [1.82, 2.24) is 15.3 Å². The van der Waals surface area contributed by atoms with Crippen LogP contribution in [0, 0.1) is 18.6 Å². The van der Waals surface area contributed by atoms with Gasteiger partial charge < -0.3 is 15.4 Å². The second-order valence-electron chi connectivity index (χ2n) is 7.66. The molecule has 1 aromatic heterocycles. The van der Waals surface area contributed by atoms with Crippen LogP contribution in [0.25, 0.3) is 11.0 Å². The number of H-pyrrole nitrogens is 1. The smallest absolute Gasteiger partial charge is 0.253 e. The van der Waals surface area contributed by atoms with E-state index in [0.717, 1.165) is 30.9 Å². The van der Waals surface area contributed by atoms with Gasteiger partial charge in [-0.3, -0.25) is 4.79 Å². The molecule has 3 N–H and O–H groups in total. The molecular weight excluding hydrogens is 376 g/mol. The van der Waals surface area contributed by atoms with Crippen LogP contribution in [0.15, 0.2) is 30.6 Å². The van der Waals surface area contributed by atoms with E-state index in [0.29, 0.717) is 28.6 Å². The first-order chi connectivity index (χ1) is 14.0. The molecule has 1 aliphatic rings. The standard InChI is InChI=1S/C22H23F2N3O2/c1-12-14(9-13-5-4-6-16(23)19(13)24)10-15(21-20(12)25-11-26-21)22(29)27-17-7-2-3-8-18(17)28/h4-6,10-11,17-18,28H,2-3,7-9H2,1H3,(H,25,26)(H,27,29)/t17-,18-/m0/s1. The summed E-state index contributed by atoms with van der Waals surface area (Å²) in [4.78, 5) is 20.3. The van der Waals surface area contributed by atoms with Crippen molar-refractivity contribution in [2.75, 3.05) is 0 Å². The molecule has 0 spiro atoms. The van der Waals surface area contributed by atoms with E-state index in [2.05, 4.69) is 15.3 Å². The summed E-state index contributed by atoms with van der Waals surface area (Å²) in [5, 5.41) is 13.1. The Morgan fingerprint density at radius 2 is 2.07 bits per heavy atom. The summed E-state index contributed by atoms with van der Waals surface area (Å²) in [5.41, 5.74) is 3.31. The molecular formula is C22H23F2N3O2. The van der Waals surface area contributed by atoms with Gasteiger partial charge in [0, 0.05) is 6.42 Å². The van der Waals surface area contributed by atoms with Gasteiger partial charge in [-0.2, -0.15) is 0 Å². The number of aromatic amines is 1. The lowest BCUT2D eigenvalue weighted by Gasteiger charge is -2.28. The molecule has 1 fully saturated rings. The van der Waals surface area contributed by atoms with Crippen LogP contribution in [0.1, 0.15) is 52.7 Å². The lowest BCUT2D eigenvalue weighted by Crippen LogP contribution is -2.45. The van der Waals surface area contributed by atoms with Crippen molar-refractivity contribution >= 4 is 16.9 Å². The Labute approximate surface area is 167 Å². The van der Waals surface area contributed by atoms with Gasteiger partial charge in [0.05, 0.1) is 35.1 Å². The van der Waals surface area contributed by atoms with Gasteiger partial charge in [-0.1, -0.05) is 25.0 Å². The van der Waals surface area contributed by atoms with E-state index in [1.54, 1.807) is 6.07 Å². The summed E-state index contributed by atoms with van der Waals surface area (Å²) in [5.74, 6) is -2.10. The zero-order valence-corrected chi connectivity index (χ0v) is 16.1. The minimum Gasteiger partial charge on any atom is -0.391 e. The largest absolute Gasteiger partial charge is 0.391 e. The maximum absolute atomic E-state index is 14.2. The average Bonchev–Trinajstić information content (AvgIpc) is 3.19. The molecule has 3 aromatic rings. The molecule has 29 heavy (non-hydrogen) atoms. The number of aliphatic hydroxyl groups is 1. The van der Waals surface area contributed by atoms with Gasteiger partial charge >= 0.3 is 0 Å². The molecule has 4 rings (SSSR count). The predicted octanol–water partition coefficient (Wildman–Crippen LogP) is 3.77. The molecule has 1 heterocycles. The fourth-order valence-corrected chi connectivity index (χ4v) is 4.07. The third kappa shape index (κ3) is 3.74. The first kappa shape index (κ1) is 19.5. The van der Waals surface area contributed by atoms with Gasteiger partial charge in [0.1, 0.15) is 0 Å². The first-order valence-electron chi connectivity index (χ1n) is 9.83. The van der Waals surface area contributed by atoms with E-state index >= 15 is 0 Å². The molecule has 0 unspecified atom stereocenters. The number of imidazole rings is 1. The summed E-state index contributed by atoms with van der Waals surface area (Å²) >= 11 is 0. The van der Waals surface area contributed by atoms with Gasteiger partial charge in [-0.15, -0.1) is 0 Å². The van der Waals surface area contributed by atoms with Crippen molar-refractivity contribution < 1.29 is 18.7 Å². The van der Waals surface area contributed by atoms with Crippen LogP contribution in [-0.4, -0.2) is 33.1 Å². The Bertz CT molecular complexity index is 1060. The summed E-state index contributed by atoms with van der Waals surface area (Å²) in [6, 6.07) is 5.49. The van der Waals surface area contributed by atoms with E-state index in [1.807, 2.05) is 6.92 Å². The Hall–Kier alpha value is -2.80. The number of carbonyl (C=O) groups is 1. The van der Waals surface area contributed by atoms with Crippen LogP contribution in [0.3, 0.4) is 0 Å². The minimum atomic E-state index is -0.898. The van der Waals surface area contributed by atoms with Crippen molar-refractivity contribution in [3.8, 4) is 0 Å². The fraction of sp³-hybridized carbons (Fsp3) is 0.364. The molecule has 0 saturated heterocycles. The highest BCUT2D eigenvalue weighted by molar-refractivity contribution is 6.06. The van der Waals surface area contributed by atoms with E-state index in [9.17, 15) is 18.7 Å². The number of hydrogen-bond donors (Lipinski definition) is 3. The third-order valence-corrected chi connectivity index (χ3v) is 5.77. The lowest BCUT2D eigenvalue weighted by molar-refractivity contribution is 0.0718. The Morgan fingerprint density at radius 3 is 2.86 bits per heavy atom. The molecule has 2 aromatic carbocycles. The number of nitrogens with zero attached hydrogens (tertiary/aromatic N) is 1. The Morgan fingerprint density at radius 1 is 1.28 bits per heavy atom. The Kier molecular flexibility index (Phi) is 5.32. The Balaban J connectivity index is 1.70.